The molecule has 0 bridgehead atoms. The molecule has 0 aliphatic heterocycles. The summed E-state index contributed by atoms with van der Waals surface area (Å²) in [4.78, 5) is 0. The molecule has 0 fully saturated rings. The minimum Gasteiger partial charge on any atom is -0.397 e. The van der Waals surface area contributed by atoms with Gasteiger partial charge in [0.15, 0.2) is 0 Å². The van der Waals surface area contributed by atoms with Crippen molar-refractivity contribution in [1.82, 2.24) is 0 Å². The van der Waals surface area contributed by atoms with Crippen molar-refractivity contribution in [2.45, 2.75) is 4.08 Å². The van der Waals surface area contributed by atoms with Gasteiger partial charge in [0.05, 0.1) is 11.4 Å². The van der Waals surface area contributed by atoms with Crippen molar-refractivity contribution in [3.63, 3.8) is 0 Å². The predicted molar refractivity (Wildman–Crippen MR) is 85.6 cm³/mol. The second-order valence-electron chi connectivity index (χ2n) is 4.74. The molecule has 10 heteroatoms. The third-order valence-electron chi connectivity index (χ3n) is 3.37. The molecule has 0 saturated heterocycles. The van der Waals surface area contributed by atoms with Crippen molar-refractivity contribution in [2.24, 2.45) is 0 Å². The van der Waals surface area contributed by atoms with Crippen LogP contribution in [0.4, 0.5) is 11.4 Å². The Balaban J connectivity index is 3.12. The Morgan fingerprint density at radius 1 is 0.783 bits per heavy atom. The lowest BCUT2D eigenvalue weighted by Gasteiger charge is -2.29. The number of anilines is 2. The van der Waals surface area contributed by atoms with Gasteiger partial charge in [0.1, 0.15) is 0 Å². The van der Waals surface area contributed by atoms with Crippen LogP contribution in [0.2, 0.25) is 0 Å². The SMILES string of the molecule is Nc1cccc(C(c2ccccc2)(S(=O)(=O)O)S(=O)(=O)O)c1N. The lowest BCUT2D eigenvalue weighted by molar-refractivity contribution is 0.438. The van der Waals surface area contributed by atoms with Crippen molar-refractivity contribution in [3.05, 3.63) is 59.7 Å². The smallest absolute Gasteiger partial charge is 0.296 e. The van der Waals surface area contributed by atoms with E-state index < -0.39 is 35.4 Å². The van der Waals surface area contributed by atoms with Gasteiger partial charge in [0, 0.05) is 5.56 Å². The number of benzene rings is 2. The van der Waals surface area contributed by atoms with E-state index in [2.05, 4.69) is 0 Å². The molecule has 124 valence electrons. The van der Waals surface area contributed by atoms with E-state index in [1.165, 1.54) is 30.3 Å². The highest BCUT2D eigenvalue weighted by molar-refractivity contribution is 8.04. The van der Waals surface area contributed by atoms with Gasteiger partial charge in [-0.25, -0.2) is 0 Å². The van der Waals surface area contributed by atoms with E-state index in [9.17, 15) is 25.9 Å². The normalized spacial score (nSPS) is 13.0. The zero-order chi connectivity index (χ0) is 17.5. The molecule has 2 rings (SSSR count). The van der Waals surface area contributed by atoms with Crippen LogP contribution in [0, 0.1) is 0 Å². The third kappa shape index (κ3) is 2.55. The van der Waals surface area contributed by atoms with Gasteiger partial charge in [-0.15, -0.1) is 0 Å². The first-order valence-corrected chi connectivity index (χ1v) is 9.05. The molecular formula is C13H14N2O6S2. The highest BCUT2D eigenvalue weighted by Gasteiger charge is 2.58. The molecule has 0 radical (unpaired) electrons. The molecule has 8 nitrogen and oxygen atoms in total. The highest BCUT2D eigenvalue weighted by Crippen LogP contribution is 2.45. The fourth-order valence-electron chi connectivity index (χ4n) is 2.39. The highest BCUT2D eigenvalue weighted by atomic mass is 32.3. The van der Waals surface area contributed by atoms with Gasteiger partial charge in [-0.3, -0.25) is 9.11 Å². The van der Waals surface area contributed by atoms with Crippen molar-refractivity contribution in [3.8, 4) is 0 Å². The lowest BCUT2D eigenvalue weighted by atomic mass is 10.0. The predicted octanol–water partition coefficient (Wildman–Crippen LogP) is 0.828. The van der Waals surface area contributed by atoms with Gasteiger partial charge >= 0.3 is 0 Å². The van der Waals surface area contributed by atoms with Gasteiger partial charge in [-0.2, -0.15) is 16.8 Å². The minimum atomic E-state index is -5.40. The van der Waals surface area contributed by atoms with Crippen LogP contribution in [0.25, 0.3) is 0 Å². The number of nitrogen functional groups attached to an aromatic ring is 2. The molecule has 0 unspecified atom stereocenters. The largest absolute Gasteiger partial charge is 0.397 e. The second kappa shape index (κ2) is 5.49. The standard InChI is InChI=1S/C13H14N2O6S2/c14-11-8-4-7-10(12(11)15)13(22(16,17)18,23(19,20)21)9-5-2-1-3-6-9/h1-8H,14-15H2,(H,16,17,18)(H,19,20,21). The number of hydrogen-bond donors (Lipinski definition) is 4. The molecule has 23 heavy (non-hydrogen) atoms. The zero-order valence-electron chi connectivity index (χ0n) is 11.6. The summed E-state index contributed by atoms with van der Waals surface area (Å²) in [6.45, 7) is 0. The number of rotatable bonds is 4. The van der Waals surface area contributed by atoms with Crippen LogP contribution in [-0.2, 0) is 24.3 Å². The first kappa shape index (κ1) is 17.2. The average Bonchev–Trinajstić information content (AvgIpc) is 2.42. The number of nitrogens with two attached hydrogens (primary N) is 2. The van der Waals surface area contributed by atoms with Gasteiger partial charge < -0.3 is 11.5 Å². The van der Waals surface area contributed by atoms with Crippen LogP contribution >= 0.6 is 0 Å². The van der Waals surface area contributed by atoms with Crippen LogP contribution in [0.1, 0.15) is 11.1 Å². The third-order valence-corrected chi connectivity index (χ3v) is 7.00. The van der Waals surface area contributed by atoms with Gasteiger partial charge in [-0.1, -0.05) is 42.5 Å². The fourth-order valence-corrected chi connectivity index (χ4v) is 5.24. The molecule has 0 saturated carbocycles. The summed E-state index contributed by atoms with van der Waals surface area (Å²) in [6.07, 6.45) is 0. The monoisotopic (exact) mass is 358 g/mol. The molecule has 0 atom stereocenters. The van der Waals surface area contributed by atoms with Gasteiger partial charge in [-0.05, 0) is 11.6 Å². The summed E-state index contributed by atoms with van der Waals surface area (Å²) in [5.74, 6) is 0. The van der Waals surface area contributed by atoms with Crippen molar-refractivity contribution in [2.75, 3.05) is 11.5 Å². The first-order valence-electron chi connectivity index (χ1n) is 6.17. The Hall–Kier alpha value is -2.14. The summed E-state index contributed by atoms with van der Waals surface area (Å²) < 4.78 is 64.6. The maximum Gasteiger partial charge on any atom is 0.296 e. The minimum absolute atomic E-state index is 0.102. The fraction of sp³-hybridized carbons (Fsp3) is 0.0769. The molecule has 0 heterocycles. The maximum absolute atomic E-state index is 12.1. The summed E-state index contributed by atoms with van der Waals surface area (Å²) in [5, 5.41) is 0. The summed E-state index contributed by atoms with van der Waals surface area (Å²) in [7, 11) is -10.8. The van der Waals surface area contributed by atoms with Crippen molar-refractivity contribution in [1.29, 1.82) is 0 Å². The quantitative estimate of drug-likeness (QED) is 0.461. The van der Waals surface area contributed by atoms with Crippen LogP contribution in [0.15, 0.2) is 48.5 Å². The van der Waals surface area contributed by atoms with E-state index in [-0.39, 0.29) is 11.4 Å². The van der Waals surface area contributed by atoms with E-state index in [0.29, 0.717) is 0 Å². The molecule has 0 aliphatic rings. The van der Waals surface area contributed by atoms with Gasteiger partial charge in [0.25, 0.3) is 24.3 Å². The second-order valence-corrected chi connectivity index (χ2v) is 8.12. The van der Waals surface area contributed by atoms with Crippen molar-refractivity contribution < 1.29 is 25.9 Å². The van der Waals surface area contributed by atoms with Crippen molar-refractivity contribution >= 4 is 31.6 Å². The van der Waals surface area contributed by atoms with E-state index in [1.54, 1.807) is 0 Å². The number of hydrogen-bond acceptors (Lipinski definition) is 6. The Bertz CT molecular complexity index is 908. The topological polar surface area (TPSA) is 161 Å². The molecule has 2 aromatic carbocycles. The molecular weight excluding hydrogens is 344 g/mol. The van der Waals surface area contributed by atoms with E-state index in [1.807, 2.05) is 0 Å². The lowest BCUT2D eigenvalue weighted by Crippen LogP contribution is -2.44. The van der Waals surface area contributed by atoms with E-state index in [0.717, 1.165) is 18.2 Å². The summed E-state index contributed by atoms with van der Waals surface area (Å²) in [6, 6.07) is 10.1. The van der Waals surface area contributed by atoms with E-state index >= 15 is 0 Å². The average molecular weight is 358 g/mol. The summed E-state index contributed by atoms with van der Waals surface area (Å²) >= 11 is 0. The molecule has 6 N–H and O–H groups in total. The molecule has 0 aliphatic carbocycles. The Kier molecular flexibility index (Phi) is 4.11. The van der Waals surface area contributed by atoms with Crippen LogP contribution < -0.4 is 11.5 Å². The zero-order valence-corrected chi connectivity index (χ0v) is 13.3. The molecule has 0 aromatic heterocycles. The number of para-hydroxylation sites is 1. The van der Waals surface area contributed by atoms with Crippen LogP contribution in [-0.4, -0.2) is 25.9 Å². The summed E-state index contributed by atoms with van der Waals surface area (Å²) in [5.41, 5.74) is 9.88. The Morgan fingerprint density at radius 3 is 1.78 bits per heavy atom. The van der Waals surface area contributed by atoms with Gasteiger partial charge in [0.2, 0.25) is 0 Å². The van der Waals surface area contributed by atoms with Crippen LogP contribution in [0.3, 0.4) is 0 Å². The Labute approximate surface area is 133 Å². The van der Waals surface area contributed by atoms with E-state index in [4.69, 9.17) is 11.5 Å². The Morgan fingerprint density at radius 2 is 1.30 bits per heavy atom. The molecule has 0 spiro atoms. The molecule has 0 amide bonds. The first-order chi connectivity index (χ1) is 10.5. The molecule has 2 aromatic rings. The maximum atomic E-state index is 12.1. The van der Waals surface area contributed by atoms with Crippen LogP contribution in [0.5, 0.6) is 0 Å².